The van der Waals surface area contributed by atoms with E-state index in [1.807, 2.05) is 77.5 Å². The van der Waals surface area contributed by atoms with E-state index < -0.39 is 0 Å². The lowest BCUT2D eigenvalue weighted by atomic mass is 10.2. The summed E-state index contributed by atoms with van der Waals surface area (Å²) in [5.41, 5.74) is 6.98. The highest BCUT2D eigenvalue weighted by atomic mass is 79.9. The van der Waals surface area contributed by atoms with Gasteiger partial charge in [-0.15, -0.1) is 5.10 Å². The van der Waals surface area contributed by atoms with E-state index >= 15 is 0 Å². The minimum absolute atomic E-state index is 0.609. The Labute approximate surface area is 183 Å². The van der Waals surface area contributed by atoms with Gasteiger partial charge in [0.05, 0.1) is 17.1 Å². The molecule has 4 aromatic rings. The summed E-state index contributed by atoms with van der Waals surface area (Å²) in [6.45, 7) is 0. The monoisotopic (exact) mass is 515 g/mol. The quantitative estimate of drug-likeness (QED) is 0.197. The molecule has 1 heterocycles. The molecule has 1 aromatic heterocycles. The SMILES string of the molecule is Brc1ccc(N/N=C(/SCn2nnc3ccccc32)c2ccccc2)c(Br)c1. The lowest BCUT2D eigenvalue weighted by Crippen LogP contribution is -2.05. The number of nitrogens with one attached hydrogen (secondary N) is 1. The third-order valence-corrected chi connectivity index (χ3v) is 6.10. The summed E-state index contributed by atoms with van der Waals surface area (Å²) in [5, 5.41) is 14.0. The summed E-state index contributed by atoms with van der Waals surface area (Å²) in [6.07, 6.45) is 0. The van der Waals surface area contributed by atoms with Crippen molar-refractivity contribution in [3.63, 3.8) is 0 Å². The number of hydrogen-bond acceptors (Lipinski definition) is 5. The average molecular weight is 517 g/mol. The molecule has 0 radical (unpaired) electrons. The molecular weight excluding hydrogens is 502 g/mol. The Bertz CT molecular complexity index is 1130. The molecule has 0 atom stereocenters. The van der Waals surface area contributed by atoms with Gasteiger partial charge in [-0.05, 0) is 46.3 Å². The molecular formula is C20H15Br2N5S. The number of anilines is 1. The zero-order valence-electron chi connectivity index (χ0n) is 14.6. The molecule has 3 aromatic carbocycles. The summed E-state index contributed by atoms with van der Waals surface area (Å²) in [5.74, 6) is 0.609. The van der Waals surface area contributed by atoms with Crippen LogP contribution in [0.3, 0.4) is 0 Å². The number of aromatic nitrogens is 3. The van der Waals surface area contributed by atoms with E-state index in [4.69, 9.17) is 0 Å². The summed E-state index contributed by atoms with van der Waals surface area (Å²) in [4.78, 5) is 0. The fourth-order valence-electron chi connectivity index (χ4n) is 2.59. The van der Waals surface area contributed by atoms with Crippen LogP contribution in [0.25, 0.3) is 11.0 Å². The fourth-order valence-corrected chi connectivity index (χ4v) is 4.57. The van der Waals surface area contributed by atoms with Crippen LogP contribution in [0.2, 0.25) is 0 Å². The number of para-hydroxylation sites is 1. The predicted molar refractivity (Wildman–Crippen MR) is 124 cm³/mol. The maximum absolute atomic E-state index is 4.66. The number of rotatable bonds is 5. The molecule has 0 aliphatic heterocycles. The highest BCUT2D eigenvalue weighted by Crippen LogP contribution is 2.27. The summed E-state index contributed by atoms with van der Waals surface area (Å²) in [7, 11) is 0. The number of thioether (sulfide) groups is 1. The van der Waals surface area contributed by atoms with E-state index in [0.717, 1.165) is 36.3 Å². The molecule has 0 bridgehead atoms. The molecule has 0 aliphatic carbocycles. The Morgan fingerprint density at radius 1 is 1.00 bits per heavy atom. The minimum atomic E-state index is 0.609. The third-order valence-electron chi connectivity index (χ3n) is 3.97. The summed E-state index contributed by atoms with van der Waals surface area (Å²) < 4.78 is 3.82. The first-order valence-electron chi connectivity index (χ1n) is 8.46. The zero-order chi connectivity index (χ0) is 19.3. The van der Waals surface area contributed by atoms with Crippen molar-refractivity contribution in [2.75, 3.05) is 5.43 Å². The molecule has 0 spiro atoms. The first-order valence-corrected chi connectivity index (χ1v) is 11.0. The Hall–Kier alpha value is -2.16. The van der Waals surface area contributed by atoms with Crippen LogP contribution in [0.15, 0.2) is 86.8 Å². The third kappa shape index (κ3) is 4.45. The second-order valence-electron chi connectivity index (χ2n) is 5.87. The maximum atomic E-state index is 4.66. The van der Waals surface area contributed by atoms with Crippen molar-refractivity contribution in [2.45, 2.75) is 5.88 Å². The second kappa shape index (κ2) is 8.89. The predicted octanol–water partition coefficient (Wildman–Crippen LogP) is 6.12. The van der Waals surface area contributed by atoms with Gasteiger partial charge in [-0.1, -0.05) is 75.4 Å². The van der Waals surface area contributed by atoms with Crippen LogP contribution in [0.5, 0.6) is 0 Å². The van der Waals surface area contributed by atoms with Gasteiger partial charge in [0, 0.05) is 14.5 Å². The van der Waals surface area contributed by atoms with Gasteiger partial charge in [0.15, 0.2) is 0 Å². The van der Waals surface area contributed by atoms with Crippen molar-refractivity contribution >= 4 is 65.4 Å². The molecule has 0 saturated heterocycles. The molecule has 0 unspecified atom stereocenters. The van der Waals surface area contributed by atoms with Gasteiger partial charge in [-0.3, -0.25) is 5.43 Å². The van der Waals surface area contributed by atoms with Crippen molar-refractivity contribution in [2.24, 2.45) is 5.10 Å². The molecule has 5 nitrogen and oxygen atoms in total. The van der Waals surface area contributed by atoms with E-state index in [1.54, 1.807) is 11.8 Å². The normalized spacial score (nSPS) is 11.7. The number of benzene rings is 3. The summed E-state index contributed by atoms with van der Waals surface area (Å²) >= 11 is 8.63. The van der Waals surface area contributed by atoms with Crippen molar-refractivity contribution < 1.29 is 0 Å². The molecule has 0 fully saturated rings. The number of nitrogens with zero attached hydrogens (tertiary/aromatic N) is 4. The van der Waals surface area contributed by atoms with Crippen LogP contribution in [-0.2, 0) is 5.88 Å². The molecule has 0 amide bonds. The molecule has 8 heteroatoms. The van der Waals surface area contributed by atoms with E-state index in [0.29, 0.717) is 5.88 Å². The van der Waals surface area contributed by atoms with E-state index in [9.17, 15) is 0 Å². The number of halogens is 2. The molecule has 4 rings (SSSR count). The van der Waals surface area contributed by atoms with E-state index in [1.165, 1.54) is 0 Å². The highest BCUT2D eigenvalue weighted by molar-refractivity contribution is 9.11. The first-order chi connectivity index (χ1) is 13.7. The number of hydrazone groups is 1. The van der Waals surface area contributed by atoms with Crippen molar-refractivity contribution in [1.82, 2.24) is 15.0 Å². The first kappa shape index (κ1) is 19.2. The van der Waals surface area contributed by atoms with Crippen molar-refractivity contribution in [1.29, 1.82) is 0 Å². The zero-order valence-corrected chi connectivity index (χ0v) is 18.6. The van der Waals surface area contributed by atoms with Gasteiger partial charge in [0.1, 0.15) is 10.6 Å². The number of hydrogen-bond donors (Lipinski definition) is 1. The van der Waals surface area contributed by atoms with Gasteiger partial charge < -0.3 is 0 Å². The van der Waals surface area contributed by atoms with Crippen LogP contribution in [0.1, 0.15) is 5.56 Å². The topological polar surface area (TPSA) is 55.1 Å². The van der Waals surface area contributed by atoms with E-state index in [2.05, 4.69) is 52.7 Å². The minimum Gasteiger partial charge on any atom is -0.276 e. The Balaban J connectivity index is 1.58. The Morgan fingerprint density at radius 2 is 1.79 bits per heavy atom. The van der Waals surface area contributed by atoms with Crippen LogP contribution < -0.4 is 5.43 Å². The van der Waals surface area contributed by atoms with Gasteiger partial charge >= 0.3 is 0 Å². The van der Waals surface area contributed by atoms with E-state index in [-0.39, 0.29) is 0 Å². The molecule has 1 N–H and O–H groups in total. The van der Waals surface area contributed by atoms with Crippen LogP contribution in [-0.4, -0.2) is 20.0 Å². The Kier molecular flexibility index (Phi) is 6.09. The van der Waals surface area contributed by atoms with Gasteiger partial charge in [0.25, 0.3) is 0 Å². The molecule has 0 aliphatic rings. The van der Waals surface area contributed by atoms with Gasteiger partial charge in [-0.2, -0.15) is 5.10 Å². The van der Waals surface area contributed by atoms with Crippen LogP contribution in [0, 0.1) is 0 Å². The lowest BCUT2D eigenvalue weighted by Gasteiger charge is -2.09. The lowest BCUT2D eigenvalue weighted by molar-refractivity contribution is 0.724. The smallest absolute Gasteiger partial charge is 0.125 e. The largest absolute Gasteiger partial charge is 0.276 e. The van der Waals surface area contributed by atoms with Crippen molar-refractivity contribution in [3.05, 3.63) is 87.3 Å². The average Bonchev–Trinajstić information content (AvgIpc) is 3.13. The molecule has 0 saturated carbocycles. The second-order valence-corrected chi connectivity index (χ2v) is 8.57. The summed E-state index contributed by atoms with van der Waals surface area (Å²) in [6, 6.07) is 24.0. The van der Waals surface area contributed by atoms with Crippen LogP contribution in [0.4, 0.5) is 5.69 Å². The fraction of sp³-hybridized carbons (Fsp3) is 0.0500. The molecule has 28 heavy (non-hydrogen) atoms. The maximum Gasteiger partial charge on any atom is 0.125 e. The number of fused-ring (bicyclic) bond motifs is 1. The van der Waals surface area contributed by atoms with Gasteiger partial charge in [0.2, 0.25) is 0 Å². The highest BCUT2D eigenvalue weighted by Gasteiger charge is 2.09. The van der Waals surface area contributed by atoms with Gasteiger partial charge in [-0.25, -0.2) is 4.68 Å². The molecule has 140 valence electrons. The van der Waals surface area contributed by atoms with Crippen molar-refractivity contribution in [3.8, 4) is 0 Å². The van der Waals surface area contributed by atoms with Crippen LogP contribution >= 0.6 is 43.6 Å². The standard InChI is InChI=1S/C20H15Br2N5S/c21-15-10-11-17(16(22)12-15)23-25-20(14-6-2-1-3-7-14)28-13-27-19-9-5-4-8-18(19)24-26-27/h1-12,23H,13H2/b25-20+. The Morgan fingerprint density at radius 3 is 2.61 bits per heavy atom.